The zero-order valence-electron chi connectivity index (χ0n) is 14.9. The molecule has 0 unspecified atom stereocenters. The molecule has 0 bridgehead atoms. The van der Waals surface area contributed by atoms with Gasteiger partial charge in [0.05, 0.1) is 17.8 Å². The molecule has 0 aromatic carbocycles. The van der Waals surface area contributed by atoms with Crippen LogP contribution in [0.5, 0.6) is 0 Å². The number of rotatable bonds is 6. The molecule has 1 fully saturated rings. The van der Waals surface area contributed by atoms with Gasteiger partial charge in [0.15, 0.2) is 5.76 Å². The van der Waals surface area contributed by atoms with Gasteiger partial charge in [-0.2, -0.15) is 0 Å². The number of likely N-dealkylation sites (N-methyl/N-ethyl adjacent to an activating group) is 1. The summed E-state index contributed by atoms with van der Waals surface area (Å²) in [6, 6.07) is 5.62. The van der Waals surface area contributed by atoms with E-state index in [1.54, 1.807) is 6.20 Å². The lowest BCUT2D eigenvalue weighted by molar-refractivity contribution is 0.0946. The van der Waals surface area contributed by atoms with E-state index in [4.69, 9.17) is 4.52 Å². The van der Waals surface area contributed by atoms with Crippen LogP contribution in [0.2, 0.25) is 0 Å². The summed E-state index contributed by atoms with van der Waals surface area (Å²) in [5.41, 5.74) is 1.47. The summed E-state index contributed by atoms with van der Waals surface area (Å²) in [5.74, 6) is 1.42. The number of piperazine rings is 1. The smallest absolute Gasteiger partial charge is 0.253 e. The van der Waals surface area contributed by atoms with Crippen LogP contribution in [0.25, 0.3) is 0 Å². The molecule has 25 heavy (non-hydrogen) atoms. The minimum atomic E-state index is -0.161. The molecule has 0 aliphatic carbocycles. The number of amides is 1. The zero-order valence-corrected chi connectivity index (χ0v) is 14.9. The Hall–Kier alpha value is -2.41. The molecule has 2 aromatic rings. The summed E-state index contributed by atoms with van der Waals surface area (Å²) < 4.78 is 5.22. The highest BCUT2D eigenvalue weighted by atomic mass is 16.5. The molecule has 3 rings (SSSR count). The van der Waals surface area contributed by atoms with Crippen molar-refractivity contribution < 1.29 is 9.32 Å². The minimum Gasteiger partial charge on any atom is -0.359 e. The average Bonchev–Trinajstić information content (AvgIpc) is 3.08. The van der Waals surface area contributed by atoms with Gasteiger partial charge in [0, 0.05) is 38.4 Å². The van der Waals surface area contributed by atoms with Gasteiger partial charge < -0.3 is 19.6 Å². The maximum Gasteiger partial charge on any atom is 0.253 e. The predicted octanol–water partition coefficient (Wildman–Crippen LogP) is 1.70. The number of pyridine rings is 1. The zero-order chi connectivity index (χ0) is 17.6. The van der Waals surface area contributed by atoms with Crippen LogP contribution in [0.1, 0.15) is 35.2 Å². The van der Waals surface area contributed by atoms with Crippen molar-refractivity contribution >= 4 is 11.7 Å². The van der Waals surface area contributed by atoms with Gasteiger partial charge in [0.2, 0.25) is 0 Å². The van der Waals surface area contributed by atoms with Crippen LogP contribution in [0.15, 0.2) is 28.9 Å². The second kappa shape index (κ2) is 8.11. The summed E-state index contributed by atoms with van der Waals surface area (Å²) in [6.45, 7) is 6.40. The Kier molecular flexibility index (Phi) is 5.65. The van der Waals surface area contributed by atoms with E-state index < -0.39 is 0 Å². The highest BCUT2D eigenvalue weighted by Crippen LogP contribution is 2.14. The molecule has 1 N–H and O–H groups in total. The minimum absolute atomic E-state index is 0.161. The van der Waals surface area contributed by atoms with Crippen molar-refractivity contribution in [2.45, 2.75) is 26.3 Å². The number of nitrogens with one attached hydrogen (secondary N) is 1. The molecule has 0 spiro atoms. The van der Waals surface area contributed by atoms with Crippen molar-refractivity contribution in [2.24, 2.45) is 0 Å². The summed E-state index contributed by atoms with van der Waals surface area (Å²) in [7, 11) is 2.12. The lowest BCUT2D eigenvalue weighted by Gasteiger charge is -2.33. The van der Waals surface area contributed by atoms with Crippen molar-refractivity contribution in [2.75, 3.05) is 38.1 Å². The molecule has 7 heteroatoms. The van der Waals surface area contributed by atoms with E-state index in [9.17, 15) is 4.79 Å². The number of hydrogen-bond donors (Lipinski definition) is 1. The van der Waals surface area contributed by atoms with Crippen LogP contribution in [0, 0.1) is 0 Å². The Labute approximate surface area is 148 Å². The molecule has 1 aliphatic heterocycles. The van der Waals surface area contributed by atoms with E-state index in [0.717, 1.165) is 50.5 Å². The number of nitrogens with zero attached hydrogens (tertiary/aromatic N) is 4. The van der Waals surface area contributed by atoms with Gasteiger partial charge >= 0.3 is 0 Å². The van der Waals surface area contributed by atoms with Crippen molar-refractivity contribution in [1.82, 2.24) is 20.4 Å². The fourth-order valence-corrected chi connectivity index (χ4v) is 2.83. The second-order valence-electron chi connectivity index (χ2n) is 6.41. The van der Waals surface area contributed by atoms with Gasteiger partial charge in [-0.25, -0.2) is 4.98 Å². The van der Waals surface area contributed by atoms with E-state index in [0.29, 0.717) is 17.9 Å². The molecule has 1 amide bonds. The molecule has 0 atom stereocenters. The van der Waals surface area contributed by atoms with Crippen molar-refractivity contribution in [3.05, 3.63) is 41.4 Å². The van der Waals surface area contributed by atoms with Crippen LogP contribution in [-0.4, -0.2) is 54.2 Å². The molecule has 0 saturated carbocycles. The Morgan fingerprint density at radius 2 is 2.08 bits per heavy atom. The van der Waals surface area contributed by atoms with Crippen LogP contribution in [-0.2, 0) is 13.0 Å². The Morgan fingerprint density at radius 3 is 2.76 bits per heavy atom. The Morgan fingerprint density at radius 1 is 1.28 bits per heavy atom. The first kappa shape index (κ1) is 17.4. The normalized spacial score (nSPS) is 15.4. The first-order chi connectivity index (χ1) is 12.2. The average molecular weight is 343 g/mol. The Balaban J connectivity index is 1.53. The fourth-order valence-electron chi connectivity index (χ4n) is 2.83. The summed E-state index contributed by atoms with van der Waals surface area (Å²) in [4.78, 5) is 21.2. The van der Waals surface area contributed by atoms with E-state index in [1.165, 1.54) is 0 Å². The molecule has 7 nitrogen and oxygen atoms in total. The van der Waals surface area contributed by atoms with E-state index in [1.807, 2.05) is 18.2 Å². The summed E-state index contributed by atoms with van der Waals surface area (Å²) in [6.07, 6.45) is 3.53. The summed E-state index contributed by atoms with van der Waals surface area (Å²) >= 11 is 0. The highest BCUT2D eigenvalue weighted by Gasteiger charge is 2.16. The Bertz CT molecular complexity index is 690. The molecule has 1 aliphatic rings. The topological polar surface area (TPSA) is 74.5 Å². The van der Waals surface area contributed by atoms with Crippen molar-refractivity contribution in [3.63, 3.8) is 0 Å². The third kappa shape index (κ3) is 4.57. The highest BCUT2D eigenvalue weighted by molar-refractivity contribution is 5.93. The molecule has 3 heterocycles. The number of aromatic nitrogens is 2. The van der Waals surface area contributed by atoms with Crippen molar-refractivity contribution in [3.8, 4) is 0 Å². The van der Waals surface area contributed by atoms with Gasteiger partial charge in [-0.1, -0.05) is 18.5 Å². The monoisotopic (exact) mass is 343 g/mol. The largest absolute Gasteiger partial charge is 0.359 e. The third-order valence-electron chi connectivity index (χ3n) is 4.37. The van der Waals surface area contributed by atoms with Crippen LogP contribution in [0.4, 0.5) is 5.82 Å². The quantitative estimate of drug-likeness (QED) is 0.861. The lowest BCUT2D eigenvalue weighted by Crippen LogP contribution is -2.44. The number of carbonyl (C=O) groups is 1. The molecular formula is C18H25N5O2. The van der Waals surface area contributed by atoms with Gasteiger partial charge in [-0.05, 0) is 25.6 Å². The maximum atomic E-state index is 12.2. The number of carbonyl (C=O) groups excluding carboxylic acids is 1. The van der Waals surface area contributed by atoms with Crippen LogP contribution < -0.4 is 10.2 Å². The SMILES string of the molecule is CCCc1cc(CNC(=O)c2ccc(N3CCN(C)CC3)nc2)on1. The third-order valence-corrected chi connectivity index (χ3v) is 4.37. The first-order valence-electron chi connectivity index (χ1n) is 8.78. The van der Waals surface area contributed by atoms with Gasteiger partial charge in [0.1, 0.15) is 5.82 Å². The molecule has 0 radical (unpaired) electrons. The van der Waals surface area contributed by atoms with Gasteiger partial charge in [0.25, 0.3) is 5.91 Å². The number of anilines is 1. The van der Waals surface area contributed by atoms with E-state index in [2.05, 4.69) is 39.2 Å². The van der Waals surface area contributed by atoms with Gasteiger partial charge in [-0.15, -0.1) is 0 Å². The van der Waals surface area contributed by atoms with Crippen LogP contribution >= 0.6 is 0 Å². The second-order valence-corrected chi connectivity index (χ2v) is 6.41. The predicted molar refractivity (Wildman–Crippen MR) is 95.6 cm³/mol. The molecule has 134 valence electrons. The number of hydrogen-bond acceptors (Lipinski definition) is 6. The van der Waals surface area contributed by atoms with Crippen molar-refractivity contribution in [1.29, 1.82) is 0 Å². The standard InChI is InChI=1S/C18H25N5O2/c1-3-4-15-11-16(25-21-15)13-20-18(24)14-5-6-17(19-12-14)23-9-7-22(2)8-10-23/h5-6,11-12H,3-4,7-10,13H2,1-2H3,(H,20,24). The molecular weight excluding hydrogens is 318 g/mol. The molecule has 2 aromatic heterocycles. The van der Waals surface area contributed by atoms with Crippen LogP contribution in [0.3, 0.4) is 0 Å². The van der Waals surface area contributed by atoms with E-state index >= 15 is 0 Å². The number of aryl methyl sites for hydroxylation is 1. The van der Waals surface area contributed by atoms with E-state index in [-0.39, 0.29) is 5.91 Å². The maximum absolute atomic E-state index is 12.2. The fraction of sp³-hybridized carbons (Fsp3) is 0.500. The lowest BCUT2D eigenvalue weighted by atomic mass is 10.2. The first-order valence-corrected chi connectivity index (χ1v) is 8.78. The van der Waals surface area contributed by atoms with Gasteiger partial charge in [-0.3, -0.25) is 4.79 Å². The summed E-state index contributed by atoms with van der Waals surface area (Å²) in [5, 5.41) is 6.82. The molecule has 1 saturated heterocycles.